The first-order valence-electron chi connectivity index (χ1n) is 5.74. The Kier molecular flexibility index (Phi) is 4.93. The molecule has 0 aliphatic rings. The predicted octanol–water partition coefficient (Wildman–Crippen LogP) is 2.67. The highest BCUT2D eigenvalue weighted by atomic mass is 35.5. The number of halogens is 1. The lowest BCUT2D eigenvalue weighted by molar-refractivity contribution is -0.113. The molecule has 1 heterocycles. The van der Waals surface area contributed by atoms with Crippen molar-refractivity contribution in [3.8, 4) is 0 Å². The molecule has 0 spiro atoms. The fourth-order valence-corrected chi connectivity index (χ4v) is 4.14. The molecule has 0 fully saturated rings. The standard InChI is InChI=1S/C13H12ClNO3S2/c14-13(16)12(11-7-4-8-19-11)15-20(17,18)9-10-5-2-1-3-6-10/h1-8,12,15H,9H2. The molecule has 1 aromatic heterocycles. The van der Waals surface area contributed by atoms with Crippen molar-refractivity contribution in [1.29, 1.82) is 0 Å². The van der Waals surface area contributed by atoms with Gasteiger partial charge in [0.2, 0.25) is 15.3 Å². The van der Waals surface area contributed by atoms with Gasteiger partial charge in [0.15, 0.2) is 0 Å². The van der Waals surface area contributed by atoms with E-state index >= 15 is 0 Å². The number of carbonyl (C=O) groups is 1. The van der Waals surface area contributed by atoms with Crippen LogP contribution in [0.15, 0.2) is 47.8 Å². The molecule has 0 aliphatic carbocycles. The Labute approximate surface area is 126 Å². The summed E-state index contributed by atoms with van der Waals surface area (Å²) in [6.45, 7) is 0. The summed E-state index contributed by atoms with van der Waals surface area (Å²) in [4.78, 5) is 12.0. The van der Waals surface area contributed by atoms with Crippen LogP contribution in [-0.4, -0.2) is 13.7 Å². The van der Waals surface area contributed by atoms with E-state index in [1.165, 1.54) is 11.3 Å². The summed E-state index contributed by atoms with van der Waals surface area (Å²) in [5.74, 6) is -0.195. The molecule has 0 aliphatic heterocycles. The van der Waals surface area contributed by atoms with Gasteiger partial charge in [-0.1, -0.05) is 36.4 Å². The molecule has 20 heavy (non-hydrogen) atoms. The molecule has 1 unspecified atom stereocenters. The zero-order valence-electron chi connectivity index (χ0n) is 10.3. The van der Waals surface area contributed by atoms with Crippen molar-refractivity contribution in [2.24, 2.45) is 0 Å². The smallest absolute Gasteiger partial charge is 0.244 e. The minimum Gasteiger partial charge on any atom is -0.279 e. The summed E-state index contributed by atoms with van der Waals surface area (Å²) in [5, 5.41) is 1.01. The van der Waals surface area contributed by atoms with Crippen molar-refractivity contribution in [1.82, 2.24) is 4.72 Å². The van der Waals surface area contributed by atoms with Crippen LogP contribution in [0.5, 0.6) is 0 Å². The quantitative estimate of drug-likeness (QED) is 0.829. The van der Waals surface area contributed by atoms with Gasteiger partial charge in [0, 0.05) is 4.88 Å². The molecule has 7 heteroatoms. The molecule has 4 nitrogen and oxygen atoms in total. The van der Waals surface area contributed by atoms with E-state index in [0.717, 1.165) is 0 Å². The lowest BCUT2D eigenvalue weighted by Crippen LogP contribution is -2.32. The van der Waals surface area contributed by atoms with Gasteiger partial charge in [-0.15, -0.1) is 11.3 Å². The minimum atomic E-state index is -3.65. The molecular weight excluding hydrogens is 318 g/mol. The maximum atomic E-state index is 12.1. The first-order chi connectivity index (χ1) is 9.48. The Morgan fingerprint density at radius 2 is 1.90 bits per heavy atom. The van der Waals surface area contributed by atoms with Crippen LogP contribution < -0.4 is 4.72 Å². The van der Waals surface area contributed by atoms with Crippen molar-refractivity contribution < 1.29 is 13.2 Å². The van der Waals surface area contributed by atoms with E-state index in [1.54, 1.807) is 47.8 Å². The van der Waals surface area contributed by atoms with E-state index in [4.69, 9.17) is 11.6 Å². The molecule has 106 valence electrons. The Balaban J connectivity index is 2.16. The van der Waals surface area contributed by atoms with Crippen molar-refractivity contribution in [3.63, 3.8) is 0 Å². The summed E-state index contributed by atoms with van der Waals surface area (Å²) in [6, 6.07) is 11.1. The van der Waals surface area contributed by atoms with Crippen LogP contribution >= 0.6 is 22.9 Å². The van der Waals surface area contributed by atoms with Crippen LogP contribution in [0.25, 0.3) is 0 Å². The van der Waals surface area contributed by atoms with Crippen LogP contribution in [0, 0.1) is 0 Å². The Morgan fingerprint density at radius 3 is 2.45 bits per heavy atom. The van der Waals surface area contributed by atoms with E-state index in [2.05, 4.69) is 4.72 Å². The van der Waals surface area contributed by atoms with Gasteiger partial charge in [-0.2, -0.15) is 4.72 Å². The van der Waals surface area contributed by atoms with Gasteiger partial charge in [-0.3, -0.25) is 4.79 Å². The first-order valence-corrected chi connectivity index (χ1v) is 8.65. The highest BCUT2D eigenvalue weighted by Crippen LogP contribution is 2.22. The topological polar surface area (TPSA) is 63.2 Å². The van der Waals surface area contributed by atoms with Crippen molar-refractivity contribution in [2.75, 3.05) is 0 Å². The number of sulfonamides is 1. The fourth-order valence-electron chi connectivity index (χ4n) is 1.69. The molecule has 1 aromatic carbocycles. The second-order valence-corrected chi connectivity index (χ2v) is 7.22. The molecule has 2 aromatic rings. The number of hydrogen-bond donors (Lipinski definition) is 1. The zero-order chi connectivity index (χ0) is 14.6. The van der Waals surface area contributed by atoms with Gasteiger partial charge < -0.3 is 0 Å². The molecule has 0 radical (unpaired) electrons. The Hall–Kier alpha value is -1.21. The van der Waals surface area contributed by atoms with Crippen molar-refractivity contribution in [3.05, 3.63) is 58.3 Å². The highest BCUT2D eigenvalue weighted by Gasteiger charge is 2.25. The van der Waals surface area contributed by atoms with Gasteiger partial charge in [0.25, 0.3) is 0 Å². The zero-order valence-corrected chi connectivity index (χ0v) is 12.7. The molecule has 0 saturated heterocycles. The van der Waals surface area contributed by atoms with Gasteiger partial charge in [0.1, 0.15) is 6.04 Å². The van der Waals surface area contributed by atoms with E-state index < -0.39 is 21.3 Å². The highest BCUT2D eigenvalue weighted by molar-refractivity contribution is 7.88. The minimum absolute atomic E-state index is 0.195. The van der Waals surface area contributed by atoms with Crippen LogP contribution in [0.2, 0.25) is 0 Å². The molecule has 0 saturated carbocycles. The number of carbonyl (C=O) groups excluding carboxylic acids is 1. The molecule has 1 N–H and O–H groups in total. The monoisotopic (exact) mass is 329 g/mol. The summed E-state index contributed by atoms with van der Waals surface area (Å²) < 4.78 is 26.5. The van der Waals surface area contributed by atoms with Crippen molar-refractivity contribution in [2.45, 2.75) is 11.8 Å². The number of benzene rings is 1. The van der Waals surface area contributed by atoms with Gasteiger partial charge in [-0.05, 0) is 28.6 Å². The molecular formula is C13H12ClNO3S2. The van der Waals surface area contributed by atoms with E-state index in [1.807, 2.05) is 0 Å². The van der Waals surface area contributed by atoms with Gasteiger partial charge in [-0.25, -0.2) is 8.42 Å². The van der Waals surface area contributed by atoms with Gasteiger partial charge >= 0.3 is 0 Å². The third-order valence-electron chi connectivity index (χ3n) is 2.55. The lowest BCUT2D eigenvalue weighted by atomic mass is 10.2. The number of nitrogens with one attached hydrogen (secondary N) is 1. The van der Waals surface area contributed by atoms with Gasteiger partial charge in [0.05, 0.1) is 5.75 Å². The maximum absolute atomic E-state index is 12.1. The number of hydrogen-bond acceptors (Lipinski definition) is 4. The molecule has 1 atom stereocenters. The predicted molar refractivity (Wildman–Crippen MR) is 80.1 cm³/mol. The summed E-state index contributed by atoms with van der Waals surface area (Å²) >= 11 is 6.76. The maximum Gasteiger partial charge on any atom is 0.244 e. The lowest BCUT2D eigenvalue weighted by Gasteiger charge is -2.13. The first kappa shape index (κ1) is 15.2. The third-order valence-corrected chi connectivity index (χ3v) is 5.02. The molecule has 2 rings (SSSR count). The SMILES string of the molecule is O=C(Cl)C(NS(=O)(=O)Cc1ccccc1)c1cccs1. The van der Waals surface area contributed by atoms with E-state index in [9.17, 15) is 13.2 Å². The normalized spacial score (nSPS) is 13.1. The molecule has 0 amide bonds. The van der Waals surface area contributed by atoms with Crippen LogP contribution in [0.3, 0.4) is 0 Å². The second-order valence-electron chi connectivity index (χ2n) is 4.12. The van der Waals surface area contributed by atoms with E-state index in [-0.39, 0.29) is 5.75 Å². The number of rotatable bonds is 6. The van der Waals surface area contributed by atoms with Crippen molar-refractivity contribution >= 4 is 38.2 Å². The fraction of sp³-hybridized carbons (Fsp3) is 0.154. The summed E-state index contributed by atoms with van der Waals surface area (Å²) in [6.07, 6.45) is 0. The summed E-state index contributed by atoms with van der Waals surface area (Å²) in [7, 11) is -3.65. The molecule has 0 bridgehead atoms. The van der Waals surface area contributed by atoms with E-state index in [0.29, 0.717) is 10.4 Å². The largest absolute Gasteiger partial charge is 0.279 e. The third kappa shape index (κ3) is 4.14. The average Bonchev–Trinajstić information content (AvgIpc) is 2.90. The Bertz CT molecular complexity index is 669. The van der Waals surface area contributed by atoms with Crippen LogP contribution in [-0.2, 0) is 20.6 Å². The average molecular weight is 330 g/mol. The second kappa shape index (κ2) is 6.49. The van der Waals surface area contributed by atoms with Crippen LogP contribution in [0.1, 0.15) is 16.5 Å². The van der Waals surface area contributed by atoms with Crippen LogP contribution in [0.4, 0.5) is 0 Å². The Morgan fingerprint density at radius 1 is 1.20 bits per heavy atom. The summed E-state index contributed by atoms with van der Waals surface area (Å²) in [5.41, 5.74) is 0.645. The number of thiophene rings is 1.